The maximum atomic E-state index is 5.67. The zero-order valence-electron chi connectivity index (χ0n) is 8.79. The average Bonchev–Trinajstić information content (AvgIpc) is 2.16. The van der Waals surface area contributed by atoms with Crippen molar-refractivity contribution in [2.45, 2.75) is 38.6 Å². The van der Waals surface area contributed by atoms with Crippen LogP contribution in [0, 0.1) is 0 Å². The first kappa shape index (κ1) is 10.5. The van der Waals surface area contributed by atoms with Gasteiger partial charge >= 0.3 is 0 Å². The highest BCUT2D eigenvalue weighted by molar-refractivity contribution is 5.79. The lowest BCUT2D eigenvalue weighted by Crippen LogP contribution is -2.38. The quantitative estimate of drug-likeness (QED) is 0.528. The molecule has 1 rings (SSSR count). The number of nitrogens with two attached hydrogens (primary N) is 1. The molecule has 1 saturated heterocycles. The molecule has 1 unspecified atom stereocenters. The van der Waals surface area contributed by atoms with E-state index in [9.17, 15) is 0 Å². The van der Waals surface area contributed by atoms with Crippen molar-refractivity contribution in [3.63, 3.8) is 0 Å². The molecule has 0 bridgehead atoms. The molecule has 76 valence electrons. The molecule has 1 aliphatic heterocycles. The third-order valence-electron chi connectivity index (χ3n) is 2.79. The lowest BCUT2D eigenvalue weighted by atomic mass is 10.0. The van der Waals surface area contributed by atoms with E-state index >= 15 is 0 Å². The largest absolute Gasteiger partial charge is 0.387 e. The van der Waals surface area contributed by atoms with E-state index in [1.807, 2.05) is 6.92 Å². The van der Waals surface area contributed by atoms with Gasteiger partial charge in [-0.3, -0.25) is 4.99 Å². The van der Waals surface area contributed by atoms with E-state index in [4.69, 9.17) is 5.73 Å². The Balaban J connectivity index is 2.34. The number of nitrogens with zero attached hydrogens (tertiary/aromatic N) is 2. The molecule has 1 atom stereocenters. The molecule has 0 saturated carbocycles. The summed E-state index contributed by atoms with van der Waals surface area (Å²) in [5.41, 5.74) is 5.67. The summed E-state index contributed by atoms with van der Waals surface area (Å²) < 4.78 is 0. The van der Waals surface area contributed by atoms with E-state index in [2.05, 4.69) is 16.9 Å². The van der Waals surface area contributed by atoms with Gasteiger partial charge in [-0.05, 0) is 26.4 Å². The molecule has 0 spiro atoms. The number of aliphatic imine (C=N–C) groups is 1. The van der Waals surface area contributed by atoms with Crippen LogP contribution in [0.2, 0.25) is 0 Å². The predicted molar refractivity (Wildman–Crippen MR) is 57.0 cm³/mol. The molecule has 0 amide bonds. The van der Waals surface area contributed by atoms with Gasteiger partial charge in [-0.25, -0.2) is 0 Å². The Kier molecular flexibility index (Phi) is 4.22. The third kappa shape index (κ3) is 3.35. The summed E-state index contributed by atoms with van der Waals surface area (Å²) in [7, 11) is 2.18. The van der Waals surface area contributed by atoms with Gasteiger partial charge in [0.05, 0.1) is 12.4 Å². The average molecular weight is 183 g/mol. The molecule has 0 aromatic heterocycles. The minimum atomic E-state index is 0.624. The van der Waals surface area contributed by atoms with Crippen molar-refractivity contribution in [1.29, 1.82) is 0 Å². The summed E-state index contributed by atoms with van der Waals surface area (Å²) >= 11 is 0. The summed E-state index contributed by atoms with van der Waals surface area (Å²) in [6.07, 6.45) is 4.82. The summed E-state index contributed by atoms with van der Waals surface area (Å²) in [6.45, 7) is 4.14. The molecule has 0 aromatic carbocycles. The van der Waals surface area contributed by atoms with Crippen LogP contribution in [0.25, 0.3) is 0 Å². The molecule has 0 aromatic rings. The number of likely N-dealkylation sites (N-methyl/N-ethyl adjacent to an activating group) is 1. The van der Waals surface area contributed by atoms with Gasteiger partial charge in [0.1, 0.15) is 0 Å². The predicted octanol–water partition coefficient (Wildman–Crippen LogP) is 1.24. The summed E-state index contributed by atoms with van der Waals surface area (Å²) in [5, 5.41) is 0. The molecule has 13 heavy (non-hydrogen) atoms. The number of hydrogen-bond donors (Lipinski definition) is 1. The fraction of sp³-hybridized carbons (Fsp3) is 0.900. The second kappa shape index (κ2) is 5.22. The van der Waals surface area contributed by atoms with Gasteiger partial charge in [-0.1, -0.05) is 13.3 Å². The SMILES string of the molecule is CCC(N)=NCC1CCCCN1C. The Morgan fingerprint density at radius 3 is 2.92 bits per heavy atom. The van der Waals surface area contributed by atoms with Gasteiger partial charge in [-0.15, -0.1) is 0 Å². The van der Waals surface area contributed by atoms with Crippen LogP contribution in [0.5, 0.6) is 0 Å². The van der Waals surface area contributed by atoms with Crippen LogP contribution in [0.15, 0.2) is 4.99 Å². The zero-order valence-corrected chi connectivity index (χ0v) is 8.79. The van der Waals surface area contributed by atoms with Gasteiger partial charge in [0.2, 0.25) is 0 Å². The van der Waals surface area contributed by atoms with Crippen molar-refractivity contribution in [3.8, 4) is 0 Å². The minimum Gasteiger partial charge on any atom is -0.387 e. The maximum absolute atomic E-state index is 5.67. The van der Waals surface area contributed by atoms with E-state index in [0.717, 1.165) is 18.8 Å². The van der Waals surface area contributed by atoms with Gasteiger partial charge < -0.3 is 10.6 Å². The number of rotatable bonds is 3. The minimum absolute atomic E-state index is 0.624. The second-order valence-electron chi connectivity index (χ2n) is 3.82. The first-order chi connectivity index (χ1) is 6.24. The summed E-state index contributed by atoms with van der Waals surface area (Å²) in [4.78, 5) is 6.77. The van der Waals surface area contributed by atoms with Gasteiger partial charge in [0.25, 0.3) is 0 Å². The Morgan fingerprint density at radius 2 is 2.31 bits per heavy atom. The highest BCUT2D eigenvalue weighted by Crippen LogP contribution is 2.14. The van der Waals surface area contributed by atoms with Gasteiger partial charge in [0, 0.05) is 12.5 Å². The smallest absolute Gasteiger partial charge is 0.0934 e. The van der Waals surface area contributed by atoms with Crippen molar-refractivity contribution in [1.82, 2.24) is 4.90 Å². The van der Waals surface area contributed by atoms with Crippen LogP contribution in [0.3, 0.4) is 0 Å². The fourth-order valence-corrected chi connectivity index (χ4v) is 1.71. The second-order valence-corrected chi connectivity index (χ2v) is 3.82. The van der Waals surface area contributed by atoms with Crippen LogP contribution in [-0.2, 0) is 0 Å². The molecule has 0 radical (unpaired) electrons. The highest BCUT2D eigenvalue weighted by Gasteiger charge is 2.17. The van der Waals surface area contributed by atoms with Crippen LogP contribution in [0.1, 0.15) is 32.6 Å². The number of likely N-dealkylation sites (tertiary alicyclic amines) is 1. The summed E-state index contributed by atoms with van der Waals surface area (Å²) in [5.74, 6) is 0.791. The fourth-order valence-electron chi connectivity index (χ4n) is 1.71. The van der Waals surface area contributed by atoms with Crippen molar-refractivity contribution in [3.05, 3.63) is 0 Å². The molecule has 3 nitrogen and oxygen atoms in total. The van der Waals surface area contributed by atoms with Crippen LogP contribution in [-0.4, -0.2) is 36.9 Å². The van der Waals surface area contributed by atoms with E-state index in [1.165, 1.54) is 25.8 Å². The molecule has 1 fully saturated rings. The highest BCUT2D eigenvalue weighted by atomic mass is 15.1. The number of hydrogen-bond acceptors (Lipinski definition) is 2. The van der Waals surface area contributed by atoms with E-state index in [-0.39, 0.29) is 0 Å². The zero-order chi connectivity index (χ0) is 9.68. The Morgan fingerprint density at radius 1 is 1.54 bits per heavy atom. The normalized spacial score (nSPS) is 26.3. The van der Waals surface area contributed by atoms with Crippen molar-refractivity contribution >= 4 is 5.84 Å². The lowest BCUT2D eigenvalue weighted by molar-refractivity contribution is 0.191. The Hall–Kier alpha value is -0.570. The molecule has 0 aliphatic carbocycles. The van der Waals surface area contributed by atoms with E-state index in [1.54, 1.807) is 0 Å². The molecule has 1 aliphatic rings. The Labute approximate surface area is 81.0 Å². The van der Waals surface area contributed by atoms with Crippen molar-refractivity contribution in [2.24, 2.45) is 10.7 Å². The van der Waals surface area contributed by atoms with Crippen molar-refractivity contribution < 1.29 is 0 Å². The molecular formula is C10H21N3. The summed E-state index contributed by atoms with van der Waals surface area (Å²) in [6, 6.07) is 0.624. The van der Waals surface area contributed by atoms with Crippen LogP contribution in [0.4, 0.5) is 0 Å². The van der Waals surface area contributed by atoms with Gasteiger partial charge in [0.15, 0.2) is 0 Å². The molecule has 1 heterocycles. The van der Waals surface area contributed by atoms with E-state index < -0.39 is 0 Å². The van der Waals surface area contributed by atoms with E-state index in [0.29, 0.717) is 6.04 Å². The molecule has 2 N–H and O–H groups in total. The number of amidine groups is 1. The van der Waals surface area contributed by atoms with Crippen molar-refractivity contribution in [2.75, 3.05) is 20.1 Å². The first-order valence-corrected chi connectivity index (χ1v) is 5.23. The molecular weight excluding hydrogens is 162 g/mol. The van der Waals surface area contributed by atoms with Crippen LogP contribution >= 0.6 is 0 Å². The van der Waals surface area contributed by atoms with Gasteiger partial charge in [-0.2, -0.15) is 0 Å². The monoisotopic (exact) mass is 183 g/mol. The maximum Gasteiger partial charge on any atom is 0.0934 e. The number of piperidine rings is 1. The van der Waals surface area contributed by atoms with Crippen LogP contribution < -0.4 is 5.73 Å². The first-order valence-electron chi connectivity index (χ1n) is 5.23. The molecule has 3 heteroatoms. The third-order valence-corrected chi connectivity index (χ3v) is 2.79. The lowest BCUT2D eigenvalue weighted by Gasteiger charge is -2.31. The topological polar surface area (TPSA) is 41.6 Å². The Bertz CT molecular complexity index is 177. The standard InChI is InChI=1S/C10H21N3/c1-3-10(11)12-8-9-6-4-5-7-13(9)2/h9H,3-8H2,1-2H3,(H2,11,12).